The number of anilines is 1. The highest BCUT2D eigenvalue weighted by Crippen LogP contribution is 2.35. The lowest BCUT2D eigenvalue weighted by molar-refractivity contribution is -0.142. The maximum absolute atomic E-state index is 12.2. The van der Waals surface area contributed by atoms with Crippen LogP contribution in [-0.2, 0) is 16.0 Å². The molecule has 2 N–H and O–H groups in total. The van der Waals surface area contributed by atoms with Crippen LogP contribution in [0.5, 0.6) is 0 Å². The number of amides is 2. The number of carbonyl (C=O) groups is 1. The average Bonchev–Trinajstić information content (AvgIpc) is 2.77. The van der Waals surface area contributed by atoms with Crippen LogP contribution in [0.4, 0.5) is 10.6 Å². The fraction of sp³-hybridized carbons (Fsp3) is 0.727. The molecule has 0 aromatic carbocycles. The Morgan fingerprint density at radius 3 is 2.97 bits per heavy atom. The van der Waals surface area contributed by atoms with Crippen LogP contribution in [0.25, 0.3) is 0 Å². The molecule has 8 heteroatoms. The van der Waals surface area contributed by atoms with E-state index < -0.39 is 0 Å². The predicted octanol–water partition coefficient (Wildman–Crippen LogP) is 1.75. The van der Waals surface area contributed by atoms with Crippen LogP contribution in [0.3, 0.4) is 0 Å². The molecule has 8 nitrogen and oxygen atoms in total. The highest BCUT2D eigenvalue weighted by Gasteiger charge is 2.45. The number of carbonyl (C=O) groups excluding carboxylic acids is 1. The van der Waals surface area contributed by atoms with Gasteiger partial charge in [-0.2, -0.15) is 0 Å². The van der Waals surface area contributed by atoms with E-state index in [2.05, 4.69) is 37.6 Å². The van der Waals surface area contributed by atoms with Gasteiger partial charge < -0.3 is 25.0 Å². The summed E-state index contributed by atoms with van der Waals surface area (Å²) in [7, 11) is 0. The minimum Gasteiger partial charge on any atom is -0.378 e. The molecule has 2 saturated heterocycles. The fourth-order valence-corrected chi connectivity index (χ4v) is 4.94. The number of nitrogens with one attached hydrogen (secondary N) is 2. The number of hydrogen-bond donors (Lipinski definition) is 2. The van der Waals surface area contributed by atoms with E-state index >= 15 is 0 Å². The Hall–Kier alpha value is -1.90. The van der Waals surface area contributed by atoms with Gasteiger partial charge in [0.1, 0.15) is 11.4 Å². The number of hydrogen-bond acceptors (Lipinski definition) is 6. The molecule has 0 bridgehead atoms. The lowest BCUT2D eigenvalue weighted by atomic mass is 9.79. The standard InChI is InChI=1S/C22H35N5O3/c1-2-23-21(28)25-19-5-3-4-7-22(19)17-26(9-14-30-22)16-18-6-8-24-20(15-18)27-10-12-29-13-11-27/h6,8,15,19H,2-5,7,9-14,16-17H2,1H3,(H2,23,25,28)/t19-,22+/m1/s1. The van der Waals surface area contributed by atoms with Gasteiger partial charge in [0, 0.05) is 45.5 Å². The van der Waals surface area contributed by atoms with Crippen LogP contribution in [-0.4, -0.2) is 80.1 Å². The fourth-order valence-electron chi connectivity index (χ4n) is 4.94. The van der Waals surface area contributed by atoms with E-state index in [9.17, 15) is 4.79 Å². The van der Waals surface area contributed by atoms with Crippen molar-refractivity contribution < 1.29 is 14.3 Å². The molecule has 30 heavy (non-hydrogen) atoms. The second kappa shape index (κ2) is 9.94. The van der Waals surface area contributed by atoms with Crippen LogP contribution in [0.2, 0.25) is 0 Å². The second-order valence-corrected chi connectivity index (χ2v) is 8.55. The number of nitrogens with zero attached hydrogens (tertiary/aromatic N) is 3. The topological polar surface area (TPSA) is 79.0 Å². The van der Waals surface area contributed by atoms with Crippen LogP contribution < -0.4 is 15.5 Å². The first-order chi connectivity index (χ1) is 14.7. The summed E-state index contributed by atoms with van der Waals surface area (Å²) in [6.07, 6.45) is 6.17. The summed E-state index contributed by atoms with van der Waals surface area (Å²) >= 11 is 0. The highest BCUT2D eigenvalue weighted by atomic mass is 16.5. The number of pyridine rings is 1. The number of rotatable bonds is 5. The molecular weight excluding hydrogens is 382 g/mol. The highest BCUT2D eigenvalue weighted by molar-refractivity contribution is 5.74. The summed E-state index contributed by atoms with van der Waals surface area (Å²) in [4.78, 5) is 21.5. The Kier molecular flexibility index (Phi) is 7.07. The van der Waals surface area contributed by atoms with Gasteiger partial charge in [-0.05, 0) is 37.5 Å². The van der Waals surface area contributed by atoms with Crippen molar-refractivity contribution in [1.29, 1.82) is 0 Å². The summed E-state index contributed by atoms with van der Waals surface area (Å²) in [5.41, 5.74) is 0.981. The van der Waals surface area contributed by atoms with Crippen molar-refractivity contribution in [2.24, 2.45) is 0 Å². The number of morpholine rings is 2. The summed E-state index contributed by atoms with van der Waals surface area (Å²) in [6, 6.07) is 4.28. The maximum Gasteiger partial charge on any atom is 0.315 e. The molecule has 1 saturated carbocycles. The van der Waals surface area contributed by atoms with Gasteiger partial charge in [0.25, 0.3) is 0 Å². The van der Waals surface area contributed by atoms with Crippen molar-refractivity contribution in [2.75, 3.05) is 57.4 Å². The summed E-state index contributed by atoms with van der Waals surface area (Å²) in [6.45, 7) is 9.21. The number of aromatic nitrogens is 1. The molecule has 3 fully saturated rings. The van der Waals surface area contributed by atoms with Crippen molar-refractivity contribution in [3.8, 4) is 0 Å². The van der Waals surface area contributed by atoms with E-state index in [4.69, 9.17) is 9.47 Å². The maximum atomic E-state index is 12.2. The summed E-state index contributed by atoms with van der Waals surface area (Å²) < 4.78 is 11.8. The van der Waals surface area contributed by atoms with E-state index in [1.165, 1.54) is 5.56 Å². The monoisotopic (exact) mass is 417 g/mol. The van der Waals surface area contributed by atoms with E-state index in [0.29, 0.717) is 13.2 Å². The average molecular weight is 418 g/mol. The van der Waals surface area contributed by atoms with Crippen molar-refractivity contribution in [2.45, 2.75) is 50.8 Å². The van der Waals surface area contributed by atoms with Gasteiger partial charge >= 0.3 is 6.03 Å². The quantitative estimate of drug-likeness (QED) is 0.760. The second-order valence-electron chi connectivity index (χ2n) is 8.55. The van der Waals surface area contributed by atoms with Gasteiger partial charge in [-0.1, -0.05) is 12.8 Å². The third-order valence-corrected chi connectivity index (χ3v) is 6.46. The Morgan fingerprint density at radius 1 is 1.27 bits per heavy atom. The molecule has 3 heterocycles. The summed E-state index contributed by atoms with van der Waals surface area (Å²) in [5.74, 6) is 1.03. The first-order valence-electron chi connectivity index (χ1n) is 11.4. The first-order valence-corrected chi connectivity index (χ1v) is 11.4. The van der Waals surface area contributed by atoms with E-state index in [-0.39, 0.29) is 17.7 Å². The van der Waals surface area contributed by atoms with Gasteiger partial charge in [0.15, 0.2) is 0 Å². The molecule has 2 amide bonds. The Labute approximate surface area is 179 Å². The zero-order valence-corrected chi connectivity index (χ0v) is 18.1. The molecule has 166 valence electrons. The lowest BCUT2D eigenvalue weighted by Crippen LogP contribution is -2.64. The molecular formula is C22H35N5O3. The third kappa shape index (κ3) is 5.04. The number of urea groups is 1. The predicted molar refractivity (Wildman–Crippen MR) is 116 cm³/mol. The molecule has 1 spiro atoms. The van der Waals surface area contributed by atoms with E-state index in [1.54, 1.807) is 0 Å². The first kappa shape index (κ1) is 21.3. The molecule has 2 atom stereocenters. The normalized spacial score (nSPS) is 27.8. The Morgan fingerprint density at radius 2 is 2.13 bits per heavy atom. The Bertz CT molecular complexity index is 708. The smallest absolute Gasteiger partial charge is 0.315 e. The van der Waals surface area contributed by atoms with Crippen LogP contribution in [0, 0.1) is 0 Å². The SMILES string of the molecule is CCNC(=O)N[C@@H]1CCCC[C@]12CN(Cc1ccnc(N3CCOCC3)c1)CCO2. The molecule has 1 aromatic heterocycles. The molecule has 0 radical (unpaired) electrons. The summed E-state index contributed by atoms with van der Waals surface area (Å²) in [5, 5.41) is 6.05. The Balaban J connectivity index is 1.42. The van der Waals surface area contributed by atoms with Crippen LogP contribution in [0.1, 0.15) is 38.2 Å². The third-order valence-electron chi connectivity index (χ3n) is 6.46. The van der Waals surface area contributed by atoms with Gasteiger partial charge in [0.05, 0.1) is 25.9 Å². The zero-order chi connectivity index (χ0) is 20.8. The lowest BCUT2D eigenvalue weighted by Gasteiger charge is -2.49. The minimum atomic E-state index is -0.290. The van der Waals surface area contributed by atoms with Gasteiger partial charge in [-0.25, -0.2) is 9.78 Å². The largest absolute Gasteiger partial charge is 0.378 e. The molecule has 1 aliphatic carbocycles. The van der Waals surface area contributed by atoms with Crippen molar-refractivity contribution in [3.05, 3.63) is 23.9 Å². The van der Waals surface area contributed by atoms with Crippen molar-refractivity contribution in [3.63, 3.8) is 0 Å². The molecule has 3 aliphatic rings. The van der Waals surface area contributed by atoms with Gasteiger partial charge in [0.2, 0.25) is 0 Å². The molecule has 4 rings (SSSR count). The van der Waals surface area contributed by atoms with E-state index in [1.807, 2.05) is 13.1 Å². The van der Waals surface area contributed by atoms with Gasteiger partial charge in [-0.15, -0.1) is 0 Å². The van der Waals surface area contributed by atoms with E-state index in [0.717, 1.165) is 77.4 Å². The van der Waals surface area contributed by atoms with Crippen molar-refractivity contribution in [1.82, 2.24) is 20.5 Å². The zero-order valence-electron chi connectivity index (χ0n) is 18.1. The van der Waals surface area contributed by atoms with Crippen LogP contribution >= 0.6 is 0 Å². The number of ether oxygens (including phenoxy) is 2. The molecule has 1 aromatic rings. The van der Waals surface area contributed by atoms with Crippen LogP contribution in [0.15, 0.2) is 18.3 Å². The molecule has 2 aliphatic heterocycles. The van der Waals surface area contributed by atoms with Crippen molar-refractivity contribution >= 4 is 11.8 Å². The van der Waals surface area contributed by atoms with Gasteiger partial charge in [-0.3, -0.25) is 4.90 Å². The molecule has 0 unspecified atom stereocenters. The minimum absolute atomic E-state index is 0.0574.